The van der Waals surface area contributed by atoms with Crippen molar-refractivity contribution >= 4 is 33.6 Å². The van der Waals surface area contributed by atoms with Crippen LogP contribution in [0.3, 0.4) is 0 Å². The van der Waals surface area contributed by atoms with E-state index in [4.69, 9.17) is 0 Å². The lowest BCUT2D eigenvalue weighted by Gasteiger charge is -2.05. The second-order valence-electron chi connectivity index (χ2n) is 4.98. The lowest BCUT2D eigenvalue weighted by atomic mass is 10.2. The fraction of sp³-hybridized carbons (Fsp3) is 0.188. The second-order valence-corrected chi connectivity index (χ2v) is 7.64. The number of nitrogens with one attached hydrogen (secondary N) is 1. The Kier molecular flexibility index (Phi) is 4.96. The lowest BCUT2D eigenvalue weighted by molar-refractivity contribution is -0.137. The van der Waals surface area contributed by atoms with Gasteiger partial charge in [-0.25, -0.2) is 4.98 Å². The Morgan fingerprint density at radius 1 is 1.12 bits per heavy atom. The maximum atomic E-state index is 12.7. The summed E-state index contributed by atoms with van der Waals surface area (Å²) < 4.78 is 50.2. The minimum atomic E-state index is -4.38. The highest BCUT2D eigenvalue weighted by atomic mass is 32.2. The first-order valence-electron chi connectivity index (χ1n) is 7.07. The number of hydrogen-bond acceptors (Lipinski definition) is 3. The van der Waals surface area contributed by atoms with Crippen molar-refractivity contribution in [2.45, 2.75) is 16.2 Å². The van der Waals surface area contributed by atoms with Gasteiger partial charge in [0, 0.05) is 16.4 Å². The number of hydrogen-bond donors (Lipinski definition) is 1. The Bertz CT molecular complexity index is 863. The van der Waals surface area contributed by atoms with Gasteiger partial charge >= 0.3 is 6.18 Å². The summed E-state index contributed by atoms with van der Waals surface area (Å²) in [5.41, 5.74) is 0.117. The van der Waals surface area contributed by atoms with Crippen LogP contribution >= 0.6 is 11.8 Å². The van der Waals surface area contributed by atoms with Crippen LogP contribution in [0.25, 0.3) is 11.0 Å². The average molecular weight is 370 g/mol. The zero-order valence-corrected chi connectivity index (χ0v) is 14.0. The number of aromatic nitrogens is 2. The molecular formula is C16H13F3N2OS2. The molecule has 126 valence electrons. The molecule has 0 bridgehead atoms. The molecule has 0 unspecified atom stereocenters. The first-order chi connectivity index (χ1) is 11.4. The number of H-pyrrole nitrogens is 1. The average Bonchev–Trinajstić information content (AvgIpc) is 2.96. The van der Waals surface area contributed by atoms with Crippen molar-refractivity contribution in [1.82, 2.24) is 9.97 Å². The molecule has 0 fully saturated rings. The van der Waals surface area contributed by atoms with Gasteiger partial charge in [0.1, 0.15) is 0 Å². The van der Waals surface area contributed by atoms with Gasteiger partial charge in [0.25, 0.3) is 0 Å². The molecule has 1 atom stereocenters. The molecule has 0 saturated carbocycles. The van der Waals surface area contributed by atoms with E-state index in [1.807, 2.05) is 18.2 Å². The van der Waals surface area contributed by atoms with E-state index in [0.29, 0.717) is 27.7 Å². The van der Waals surface area contributed by atoms with Crippen LogP contribution in [0.4, 0.5) is 13.2 Å². The summed E-state index contributed by atoms with van der Waals surface area (Å²) in [4.78, 5) is 7.88. The van der Waals surface area contributed by atoms with Crippen LogP contribution in [0.2, 0.25) is 0 Å². The maximum absolute atomic E-state index is 12.7. The predicted octanol–water partition coefficient (Wildman–Crippen LogP) is 4.48. The Morgan fingerprint density at radius 2 is 1.88 bits per heavy atom. The molecule has 0 radical (unpaired) electrons. The molecule has 1 aromatic heterocycles. The monoisotopic (exact) mass is 370 g/mol. The number of alkyl halides is 3. The number of fused-ring (bicyclic) bond motifs is 1. The fourth-order valence-corrected chi connectivity index (χ4v) is 4.31. The zero-order chi connectivity index (χ0) is 17.2. The number of imidazole rings is 1. The van der Waals surface area contributed by atoms with Crippen molar-refractivity contribution in [3.05, 3.63) is 54.1 Å². The van der Waals surface area contributed by atoms with Gasteiger partial charge in [-0.05, 0) is 30.3 Å². The molecule has 1 N–H and O–H groups in total. The SMILES string of the molecule is O=[S@@](CCSc1nc2ccc(C(F)(F)F)cc2[nH]1)c1ccccc1. The van der Waals surface area contributed by atoms with Gasteiger partial charge in [-0.2, -0.15) is 13.2 Å². The number of nitrogens with zero attached hydrogens (tertiary/aromatic N) is 1. The number of aromatic amines is 1. The molecule has 0 spiro atoms. The minimum absolute atomic E-state index is 0.344. The van der Waals surface area contributed by atoms with Gasteiger partial charge in [0.05, 0.1) is 27.4 Å². The van der Waals surface area contributed by atoms with E-state index in [1.54, 1.807) is 12.1 Å². The highest BCUT2D eigenvalue weighted by Gasteiger charge is 2.30. The summed E-state index contributed by atoms with van der Waals surface area (Å²) in [6.07, 6.45) is -4.38. The van der Waals surface area contributed by atoms with E-state index in [0.717, 1.165) is 17.0 Å². The quantitative estimate of drug-likeness (QED) is 0.674. The van der Waals surface area contributed by atoms with E-state index < -0.39 is 22.5 Å². The smallest absolute Gasteiger partial charge is 0.333 e. The Hall–Kier alpha value is -1.80. The van der Waals surface area contributed by atoms with E-state index in [-0.39, 0.29) is 0 Å². The van der Waals surface area contributed by atoms with E-state index in [9.17, 15) is 17.4 Å². The van der Waals surface area contributed by atoms with E-state index in [2.05, 4.69) is 9.97 Å². The highest BCUT2D eigenvalue weighted by Crippen LogP contribution is 2.31. The summed E-state index contributed by atoms with van der Waals surface area (Å²) >= 11 is 1.34. The van der Waals surface area contributed by atoms with Crippen molar-refractivity contribution in [2.24, 2.45) is 0 Å². The first-order valence-corrected chi connectivity index (χ1v) is 9.37. The molecule has 0 amide bonds. The van der Waals surface area contributed by atoms with Gasteiger partial charge in [0.15, 0.2) is 5.16 Å². The molecular weight excluding hydrogens is 357 g/mol. The molecule has 3 rings (SSSR count). The molecule has 2 aromatic carbocycles. The number of thioether (sulfide) groups is 1. The summed E-state index contributed by atoms with van der Waals surface area (Å²) in [5, 5.41) is 0.523. The second kappa shape index (κ2) is 6.98. The van der Waals surface area contributed by atoms with E-state index >= 15 is 0 Å². The summed E-state index contributed by atoms with van der Waals surface area (Å²) in [6, 6.07) is 12.5. The number of rotatable bonds is 5. The van der Waals surface area contributed by atoms with Crippen LogP contribution in [-0.4, -0.2) is 25.7 Å². The molecule has 3 nitrogen and oxygen atoms in total. The third-order valence-corrected chi connectivity index (χ3v) is 5.81. The third-order valence-electron chi connectivity index (χ3n) is 3.30. The minimum Gasteiger partial charge on any atom is -0.333 e. The van der Waals surface area contributed by atoms with Crippen LogP contribution in [0.15, 0.2) is 58.6 Å². The first kappa shape index (κ1) is 17.0. The standard InChI is InChI=1S/C16H13F3N2OS2/c17-16(18,19)11-6-7-13-14(10-11)21-15(20-13)23-8-9-24(22)12-4-2-1-3-5-12/h1-7,10H,8-9H2,(H,20,21)/t24-/m0/s1. The highest BCUT2D eigenvalue weighted by molar-refractivity contribution is 8.00. The molecule has 8 heteroatoms. The largest absolute Gasteiger partial charge is 0.416 e. The van der Waals surface area contributed by atoms with Gasteiger partial charge in [-0.1, -0.05) is 30.0 Å². The summed E-state index contributed by atoms with van der Waals surface area (Å²) in [6.45, 7) is 0. The summed E-state index contributed by atoms with van der Waals surface area (Å²) in [7, 11) is -1.10. The Labute approximate surface area is 143 Å². The van der Waals surface area contributed by atoms with E-state index in [1.165, 1.54) is 17.8 Å². The van der Waals surface area contributed by atoms with Crippen LogP contribution in [0.1, 0.15) is 5.56 Å². The van der Waals surface area contributed by atoms with Crippen molar-refractivity contribution in [3.8, 4) is 0 Å². The molecule has 0 aliphatic carbocycles. The molecule has 1 heterocycles. The zero-order valence-electron chi connectivity index (χ0n) is 12.3. The predicted molar refractivity (Wildman–Crippen MR) is 89.5 cm³/mol. The number of benzene rings is 2. The van der Waals surface area contributed by atoms with Crippen LogP contribution in [-0.2, 0) is 17.0 Å². The van der Waals surface area contributed by atoms with Crippen molar-refractivity contribution in [1.29, 1.82) is 0 Å². The summed E-state index contributed by atoms with van der Waals surface area (Å²) in [5.74, 6) is 0.993. The van der Waals surface area contributed by atoms with Gasteiger partial charge < -0.3 is 4.98 Å². The fourth-order valence-electron chi connectivity index (χ4n) is 2.14. The normalized spacial score (nSPS) is 13.3. The number of halogens is 3. The molecule has 0 saturated heterocycles. The van der Waals surface area contributed by atoms with Crippen LogP contribution < -0.4 is 0 Å². The Morgan fingerprint density at radius 3 is 2.58 bits per heavy atom. The third kappa shape index (κ3) is 3.99. The Balaban J connectivity index is 1.64. The van der Waals surface area contributed by atoms with Gasteiger partial charge in [-0.3, -0.25) is 4.21 Å². The molecule has 24 heavy (non-hydrogen) atoms. The van der Waals surface area contributed by atoms with Crippen molar-refractivity contribution < 1.29 is 17.4 Å². The topological polar surface area (TPSA) is 45.8 Å². The van der Waals surface area contributed by atoms with Gasteiger partial charge in [-0.15, -0.1) is 0 Å². The molecule has 0 aliphatic rings. The van der Waals surface area contributed by atoms with Crippen LogP contribution in [0, 0.1) is 0 Å². The molecule has 0 aliphatic heterocycles. The maximum Gasteiger partial charge on any atom is 0.416 e. The van der Waals surface area contributed by atoms with Crippen LogP contribution in [0.5, 0.6) is 0 Å². The van der Waals surface area contributed by atoms with Gasteiger partial charge in [0.2, 0.25) is 0 Å². The molecule has 3 aromatic rings. The van der Waals surface area contributed by atoms with Crippen molar-refractivity contribution in [2.75, 3.05) is 11.5 Å². The lowest BCUT2D eigenvalue weighted by Crippen LogP contribution is -2.04. The van der Waals surface area contributed by atoms with Crippen molar-refractivity contribution in [3.63, 3.8) is 0 Å².